The molecule has 3 aromatic rings. The molecule has 0 spiro atoms. The summed E-state index contributed by atoms with van der Waals surface area (Å²) in [5, 5.41) is 6.67. The minimum atomic E-state index is 0.729. The monoisotopic (exact) mass is 274 g/mol. The second-order valence-corrected chi connectivity index (χ2v) is 4.09. The standard InChI is InChI=1S/C11H7BrN4/c12-11-10(7-5-13-14-6-7)15-8-3-1-2-4-9(8)16-11/h1-6H,(H,13,14). The third kappa shape index (κ3) is 1.49. The molecule has 0 aliphatic carbocycles. The van der Waals surface area contributed by atoms with Gasteiger partial charge in [0.1, 0.15) is 10.3 Å². The van der Waals surface area contributed by atoms with Crippen molar-refractivity contribution >= 4 is 27.0 Å². The number of halogens is 1. The van der Waals surface area contributed by atoms with Crippen LogP contribution in [0.2, 0.25) is 0 Å². The number of hydrogen-bond donors (Lipinski definition) is 1. The Labute approximate surface area is 99.9 Å². The zero-order valence-electron chi connectivity index (χ0n) is 8.18. The summed E-state index contributed by atoms with van der Waals surface area (Å²) in [5.41, 5.74) is 3.47. The predicted molar refractivity (Wildman–Crippen MR) is 64.8 cm³/mol. The topological polar surface area (TPSA) is 54.5 Å². The lowest BCUT2D eigenvalue weighted by atomic mass is 10.2. The van der Waals surface area contributed by atoms with Crippen molar-refractivity contribution in [2.75, 3.05) is 0 Å². The van der Waals surface area contributed by atoms with Gasteiger partial charge in [-0.15, -0.1) is 0 Å². The van der Waals surface area contributed by atoms with Crippen molar-refractivity contribution < 1.29 is 0 Å². The molecular formula is C11H7BrN4. The summed E-state index contributed by atoms with van der Waals surface area (Å²) in [6.45, 7) is 0. The molecule has 5 heteroatoms. The van der Waals surface area contributed by atoms with Gasteiger partial charge in [-0.1, -0.05) is 12.1 Å². The molecule has 0 amide bonds. The molecule has 0 aliphatic heterocycles. The summed E-state index contributed by atoms with van der Waals surface area (Å²) in [6, 6.07) is 7.77. The van der Waals surface area contributed by atoms with Crippen molar-refractivity contribution in [3.05, 3.63) is 41.3 Å². The predicted octanol–water partition coefficient (Wildman–Crippen LogP) is 2.78. The van der Waals surface area contributed by atoms with Crippen LogP contribution < -0.4 is 0 Å². The molecule has 1 aromatic carbocycles. The van der Waals surface area contributed by atoms with Crippen molar-refractivity contribution in [1.29, 1.82) is 0 Å². The highest BCUT2D eigenvalue weighted by Crippen LogP contribution is 2.25. The number of hydrogen-bond acceptors (Lipinski definition) is 3. The quantitative estimate of drug-likeness (QED) is 0.743. The molecule has 0 unspecified atom stereocenters. The average molecular weight is 275 g/mol. The first-order chi connectivity index (χ1) is 7.84. The molecule has 0 saturated carbocycles. The molecule has 0 fully saturated rings. The van der Waals surface area contributed by atoms with Crippen LogP contribution in [0.15, 0.2) is 41.3 Å². The van der Waals surface area contributed by atoms with Crippen LogP contribution in [0, 0.1) is 0 Å². The van der Waals surface area contributed by atoms with E-state index < -0.39 is 0 Å². The van der Waals surface area contributed by atoms with Gasteiger partial charge < -0.3 is 0 Å². The van der Waals surface area contributed by atoms with Gasteiger partial charge in [0.05, 0.1) is 17.2 Å². The van der Waals surface area contributed by atoms with Crippen LogP contribution >= 0.6 is 15.9 Å². The lowest BCUT2D eigenvalue weighted by Crippen LogP contribution is -1.90. The Morgan fingerprint density at radius 1 is 1.06 bits per heavy atom. The Morgan fingerprint density at radius 2 is 1.81 bits per heavy atom. The van der Waals surface area contributed by atoms with Crippen LogP contribution in [-0.2, 0) is 0 Å². The fraction of sp³-hybridized carbons (Fsp3) is 0. The summed E-state index contributed by atoms with van der Waals surface area (Å²) < 4.78 is 0.729. The first-order valence-corrected chi connectivity index (χ1v) is 5.55. The zero-order valence-corrected chi connectivity index (χ0v) is 9.77. The van der Waals surface area contributed by atoms with E-state index in [0.717, 1.165) is 26.9 Å². The maximum absolute atomic E-state index is 4.55. The normalized spacial score (nSPS) is 10.8. The van der Waals surface area contributed by atoms with Crippen LogP contribution in [0.3, 0.4) is 0 Å². The van der Waals surface area contributed by atoms with Crippen LogP contribution in [0.5, 0.6) is 0 Å². The smallest absolute Gasteiger partial charge is 0.133 e. The number of rotatable bonds is 1. The summed E-state index contributed by atoms with van der Waals surface area (Å²) in [6.07, 6.45) is 3.52. The van der Waals surface area contributed by atoms with Gasteiger partial charge in [0.25, 0.3) is 0 Å². The van der Waals surface area contributed by atoms with Gasteiger partial charge in [-0.3, -0.25) is 5.10 Å². The Kier molecular flexibility index (Phi) is 2.18. The number of aromatic nitrogens is 4. The van der Waals surface area contributed by atoms with Crippen molar-refractivity contribution in [3.63, 3.8) is 0 Å². The van der Waals surface area contributed by atoms with E-state index in [1.54, 1.807) is 12.4 Å². The van der Waals surface area contributed by atoms with Gasteiger partial charge in [-0.25, -0.2) is 9.97 Å². The summed E-state index contributed by atoms with van der Waals surface area (Å²) in [7, 11) is 0. The fourth-order valence-corrected chi connectivity index (χ4v) is 2.05. The minimum Gasteiger partial charge on any atom is -0.285 e. The highest BCUT2D eigenvalue weighted by Gasteiger charge is 2.08. The number of aromatic amines is 1. The molecule has 3 rings (SSSR count). The number of H-pyrrole nitrogens is 1. The lowest BCUT2D eigenvalue weighted by molar-refractivity contribution is 1.09. The SMILES string of the molecule is Brc1nc2ccccc2nc1-c1cn[nH]c1. The third-order valence-corrected chi connectivity index (χ3v) is 2.85. The van der Waals surface area contributed by atoms with E-state index in [2.05, 4.69) is 36.1 Å². The Morgan fingerprint density at radius 3 is 2.50 bits per heavy atom. The number of nitrogens with one attached hydrogen (secondary N) is 1. The molecule has 0 atom stereocenters. The van der Waals surface area contributed by atoms with E-state index in [-0.39, 0.29) is 0 Å². The van der Waals surface area contributed by atoms with Gasteiger partial charge >= 0.3 is 0 Å². The van der Waals surface area contributed by atoms with Gasteiger partial charge in [0, 0.05) is 11.8 Å². The largest absolute Gasteiger partial charge is 0.285 e. The lowest BCUT2D eigenvalue weighted by Gasteiger charge is -2.02. The number of nitrogens with zero attached hydrogens (tertiary/aromatic N) is 3. The highest BCUT2D eigenvalue weighted by atomic mass is 79.9. The van der Waals surface area contributed by atoms with Crippen molar-refractivity contribution in [1.82, 2.24) is 20.2 Å². The van der Waals surface area contributed by atoms with Gasteiger partial charge in [0.15, 0.2) is 0 Å². The van der Waals surface area contributed by atoms with Gasteiger partial charge in [-0.2, -0.15) is 5.10 Å². The molecule has 2 aromatic heterocycles. The fourth-order valence-electron chi connectivity index (χ4n) is 1.54. The summed E-state index contributed by atoms with van der Waals surface area (Å²) in [5.74, 6) is 0. The Bertz CT molecular complexity index is 634. The zero-order chi connectivity index (χ0) is 11.0. The molecule has 1 N–H and O–H groups in total. The molecule has 2 heterocycles. The molecule has 0 radical (unpaired) electrons. The molecule has 0 bridgehead atoms. The van der Waals surface area contributed by atoms with E-state index >= 15 is 0 Å². The molecule has 0 saturated heterocycles. The minimum absolute atomic E-state index is 0.729. The van der Waals surface area contributed by atoms with Crippen molar-refractivity contribution in [2.45, 2.75) is 0 Å². The van der Waals surface area contributed by atoms with E-state index in [1.165, 1.54) is 0 Å². The first-order valence-electron chi connectivity index (χ1n) is 4.76. The van der Waals surface area contributed by atoms with Crippen LogP contribution in [0.25, 0.3) is 22.3 Å². The molecule has 78 valence electrons. The van der Waals surface area contributed by atoms with Gasteiger partial charge in [-0.05, 0) is 28.1 Å². The first kappa shape index (κ1) is 9.47. The van der Waals surface area contributed by atoms with Crippen LogP contribution in [0.4, 0.5) is 0 Å². The summed E-state index contributed by atoms with van der Waals surface area (Å²) >= 11 is 3.42. The molecular weight excluding hydrogens is 268 g/mol. The number of fused-ring (bicyclic) bond motifs is 1. The molecule has 0 aliphatic rings. The maximum atomic E-state index is 4.55. The van der Waals surface area contributed by atoms with E-state index in [1.807, 2.05) is 24.3 Å². The highest BCUT2D eigenvalue weighted by molar-refractivity contribution is 9.10. The third-order valence-electron chi connectivity index (χ3n) is 2.30. The van der Waals surface area contributed by atoms with Gasteiger partial charge in [0.2, 0.25) is 0 Å². The Balaban J connectivity index is 2.30. The molecule has 16 heavy (non-hydrogen) atoms. The molecule has 4 nitrogen and oxygen atoms in total. The van der Waals surface area contributed by atoms with Crippen LogP contribution in [-0.4, -0.2) is 20.2 Å². The number of benzene rings is 1. The van der Waals surface area contributed by atoms with Crippen LogP contribution in [0.1, 0.15) is 0 Å². The second kappa shape index (κ2) is 3.68. The Hall–Kier alpha value is -1.75. The second-order valence-electron chi connectivity index (χ2n) is 3.34. The number of para-hydroxylation sites is 2. The average Bonchev–Trinajstić information content (AvgIpc) is 2.81. The van der Waals surface area contributed by atoms with E-state index in [0.29, 0.717) is 0 Å². The van der Waals surface area contributed by atoms with E-state index in [4.69, 9.17) is 0 Å². The summed E-state index contributed by atoms with van der Waals surface area (Å²) in [4.78, 5) is 8.99. The maximum Gasteiger partial charge on any atom is 0.133 e. The van der Waals surface area contributed by atoms with E-state index in [9.17, 15) is 0 Å². The van der Waals surface area contributed by atoms with Crippen molar-refractivity contribution in [3.8, 4) is 11.3 Å². The van der Waals surface area contributed by atoms with Crippen molar-refractivity contribution in [2.24, 2.45) is 0 Å².